The third kappa shape index (κ3) is 6.01. The Morgan fingerprint density at radius 1 is 0.947 bits per heavy atom. The quantitative estimate of drug-likeness (QED) is 0.163. The highest BCUT2D eigenvalue weighted by molar-refractivity contribution is 5.86. The third-order valence-corrected chi connectivity index (χ3v) is 6.04. The number of hydrogen-bond donors (Lipinski definition) is 3. The number of anilines is 4. The van der Waals surface area contributed by atoms with Gasteiger partial charge in [-0.2, -0.15) is 20.1 Å². The Labute approximate surface area is 219 Å². The zero-order valence-corrected chi connectivity index (χ0v) is 20.5. The van der Waals surface area contributed by atoms with Crippen LogP contribution < -0.4 is 15.6 Å². The molecule has 0 radical (unpaired) electrons. The number of nitro benzene ring substituents is 1. The fraction of sp³-hybridized carbons (Fsp3) is 0.185. The first-order chi connectivity index (χ1) is 18.5. The lowest BCUT2D eigenvalue weighted by Gasteiger charge is -2.16. The molecule has 0 bridgehead atoms. The summed E-state index contributed by atoms with van der Waals surface area (Å²) in [5, 5.41) is 29.5. The number of hydrazone groups is 1. The number of benzene rings is 3. The van der Waals surface area contributed by atoms with Gasteiger partial charge >= 0.3 is 5.69 Å². The number of nitrogens with one attached hydrogen (secondary N) is 2. The van der Waals surface area contributed by atoms with Crippen LogP contribution in [0.25, 0.3) is 0 Å². The molecule has 0 atom stereocenters. The standard InChI is InChI=1S/C27H26N8O3/c36-24-21(16-20(17-23(24)35(37)38)15-19-9-3-1-4-10-19)18-28-33-26-30-25(29-22-11-5-2-6-12-22)31-27(32-26)34-13-7-8-14-34/h1-6,9-12,16-18,36H,7-8,13-15H2,(H2,29,30,31,32,33)/b28-18-. The molecule has 11 nitrogen and oxygen atoms in total. The van der Waals surface area contributed by atoms with Crippen molar-refractivity contribution >= 4 is 35.4 Å². The van der Waals surface area contributed by atoms with Crippen LogP contribution in [0, 0.1) is 10.1 Å². The summed E-state index contributed by atoms with van der Waals surface area (Å²) in [6, 6.07) is 22.2. The van der Waals surface area contributed by atoms with Crippen LogP contribution in [-0.2, 0) is 6.42 Å². The summed E-state index contributed by atoms with van der Waals surface area (Å²) in [5.41, 5.74) is 5.10. The van der Waals surface area contributed by atoms with Gasteiger partial charge in [0, 0.05) is 30.4 Å². The molecule has 1 saturated heterocycles. The van der Waals surface area contributed by atoms with E-state index in [-0.39, 0.29) is 17.2 Å². The monoisotopic (exact) mass is 510 g/mol. The van der Waals surface area contributed by atoms with Crippen molar-refractivity contribution in [1.29, 1.82) is 0 Å². The van der Waals surface area contributed by atoms with Crippen LogP contribution in [0.3, 0.4) is 0 Å². The van der Waals surface area contributed by atoms with Crippen molar-refractivity contribution in [2.75, 3.05) is 28.7 Å². The Morgan fingerprint density at radius 2 is 1.63 bits per heavy atom. The number of nitrogens with zero attached hydrogens (tertiary/aromatic N) is 6. The molecular formula is C27H26N8O3. The predicted octanol–water partition coefficient (Wildman–Crippen LogP) is 4.87. The SMILES string of the molecule is O=[N+]([O-])c1cc(Cc2ccccc2)cc(/C=N\Nc2nc(Nc3ccccc3)nc(N3CCCC3)n2)c1O. The largest absolute Gasteiger partial charge is 0.502 e. The molecule has 3 aromatic carbocycles. The van der Waals surface area contributed by atoms with Crippen molar-refractivity contribution in [3.63, 3.8) is 0 Å². The van der Waals surface area contributed by atoms with Gasteiger partial charge in [0.25, 0.3) is 0 Å². The summed E-state index contributed by atoms with van der Waals surface area (Å²) in [6.07, 6.45) is 3.91. The van der Waals surface area contributed by atoms with E-state index in [1.54, 1.807) is 6.07 Å². The van der Waals surface area contributed by atoms with Gasteiger partial charge in [-0.3, -0.25) is 10.1 Å². The van der Waals surface area contributed by atoms with E-state index in [0.29, 0.717) is 23.9 Å². The molecule has 0 amide bonds. The van der Waals surface area contributed by atoms with E-state index in [2.05, 4.69) is 35.7 Å². The second-order valence-electron chi connectivity index (χ2n) is 8.81. The van der Waals surface area contributed by atoms with Crippen LogP contribution in [-0.4, -0.2) is 44.3 Å². The number of phenolic OH excluding ortho intramolecular Hbond substituents is 1. The summed E-state index contributed by atoms with van der Waals surface area (Å²) in [4.78, 5) is 26.5. The fourth-order valence-electron chi connectivity index (χ4n) is 4.21. The summed E-state index contributed by atoms with van der Waals surface area (Å²) >= 11 is 0. The lowest BCUT2D eigenvalue weighted by Crippen LogP contribution is -2.21. The lowest BCUT2D eigenvalue weighted by atomic mass is 10.0. The maximum absolute atomic E-state index is 11.6. The molecular weight excluding hydrogens is 484 g/mol. The average Bonchev–Trinajstić information content (AvgIpc) is 3.47. The highest BCUT2D eigenvalue weighted by Crippen LogP contribution is 2.31. The smallest absolute Gasteiger partial charge is 0.311 e. The molecule has 0 saturated carbocycles. The van der Waals surface area contributed by atoms with Crippen LogP contribution >= 0.6 is 0 Å². The predicted molar refractivity (Wildman–Crippen MR) is 146 cm³/mol. The summed E-state index contributed by atoms with van der Waals surface area (Å²) in [6.45, 7) is 1.70. The van der Waals surface area contributed by atoms with Crippen molar-refractivity contribution in [2.24, 2.45) is 5.10 Å². The van der Waals surface area contributed by atoms with E-state index in [9.17, 15) is 15.2 Å². The Balaban J connectivity index is 1.41. The molecule has 0 aliphatic carbocycles. The maximum Gasteiger partial charge on any atom is 0.311 e. The molecule has 0 unspecified atom stereocenters. The molecule has 192 valence electrons. The molecule has 0 spiro atoms. The molecule has 1 aromatic heterocycles. The zero-order chi connectivity index (χ0) is 26.3. The number of phenols is 1. The van der Waals surface area contributed by atoms with Crippen LogP contribution in [0.15, 0.2) is 77.9 Å². The van der Waals surface area contributed by atoms with Crippen molar-refractivity contribution in [3.05, 3.63) is 99.6 Å². The zero-order valence-electron chi connectivity index (χ0n) is 20.5. The number of rotatable bonds is 9. The highest BCUT2D eigenvalue weighted by atomic mass is 16.6. The van der Waals surface area contributed by atoms with Crippen molar-refractivity contribution in [1.82, 2.24) is 15.0 Å². The van der Waals surface area contributed by atoms with Gasteiger partial charge in [0.1, 0.15) is 0 Å². The summed E-state index contributed by atoms with van der Waals surface area (Å²) in [7, 11) is 0. The summed E-state index contributed by atoms with van der Waals surface area (Å²) < 4.78 is 0. The lowest BCUT2D eigenvalue weighted by molar-refractivity contribution is -0.385. The van der Waals surface area contributed by atoms with Crippen LogP contribution in [0.5, 0.6) is 5.75 Å². The van der Waals surface area contributed by atoms with Crippen molar-refractivity contribution < 1.29 is 10.0 Å². The molecule has 1 aliphatic rings. The second kappa shape index (κ2) is 11.3. The van der Waals surface area contributed by atoms with Crippen LogP contribution in [0.2, 0.25) is 0 Å². The average molecular weight is 511 g/mol. The first kappa shape index (κ1) is 24.6. The van der Waals surface area contributed by atoms with Gasteiger partial charge in [-0.25, -0.2) is 5.43 Å². The minimum atomic E-state index is -0.607. The molecule has 2 heterocycles. The molecule has 11 heteroatoms. The molecule has 4 aromatic rings. The topological polar surface area (TPSA) is 142 Å². The van der Waals surface area contributed by atoms with E-state index in [4.69, 9.17) is 0 Å². The maximum atomic E-state index is 11.6. The Bertz CT molecular complexity index is 1440. The van der Waals surface area contributed by atoms with Gasteiger partial charge in [0.15, 0.2) is 0 Å². The van der Waals surface area contributed by atoms with E-state index in [1.165, 1.54) is 12.3 Å². The molecule has 1 fully saturated rings. The van der Waals surface area contributed by atoms with E-state index < -0.39 is 10.7 Å². The number of aromatic hydroxyl groups is 1. The van der Waals surface area contributed by atoms with Crippen molar-refractivity contribution in [2.45, 2.75) is 19.3 Å². The summed E-state index contributed by atoms with van der Waals surface area (Å²) in [5.74, 6) is 0.620. The second-order valence-corrected chi connectivity index (χ2v) is 8.81. The number of hydrogen-bond acceptors (Lipinski definition) is 10. The number of para-hydroxylation sites is 1. The molecule has 1 aliphatic heterocycles. The first-order valence-corrected chi connectivity index (χ1v) is 12.2. The van der Waals surface area contributed by atoms with Crippen molar-refractivity contribution in [3.8, 4) is 5.75 Å². The Kier molecular flexibility index (Phi) is 7.34. The van der Waals surface area contributed by atoms with Gasteiger partial charge in [-0.1, -0.05) is 48.5 Å². The Morgan fingerprint density at radius 3 is 2.34 bits per heavy atom. The van der Waals surface area contributed by atoms with Gasteiger partial charge in [-0.15, -0.1) is 0 Å². The normalized spacial score (nSPS) is 13.1. The van der Waals surface area contributed by atoms with Gasteiger partial charge in [0.2, 0.25) is 23.6 Å². The minimum Gasteiger partial charge on any atom is -0.502 e. The minimum absolute atomic E-state index is 0.200. The van der Waals surface area contributed by atoms with Gasteiger partial charge < -0.3 is 15.3 Å². The van der Waals surface area contributed by atoms with E-state index in [1.807, 2.05) is 60.7 Å². The van der Waals surface area contributed by atoms with E-state index >= 15 is 0 Å². The molecule has 3 N–H and O–H groups in total. The highest BCUT2D eigenvalue weighted by Gasteiger charge is 2.19. The van der Waals surface area contributed by atoms with Gasteiger partial charge in [0.05, 0.1) is 11.1 Å². The number of nitro groups is 1. The Hall–Kier alpha value is -5.06. The van der Waals surface area contributed by atoms with Gasteiger partial charge in [-0.05, 0) is 48.6 Å². The third-order valence-electron chi connectivity index (χ3n) is 6.04. The number of aromatic nitrogens is 3. The molecule has 38 heavy (non-hydrogen) atoms. The van der Waals surface area contributed by atoms with E-state index in [0.717, 1.165) is 37.2 Å². The fourth-order valence-corrected chi connectivity index (χ4v) is 4.21. The van der Waals surface area contributed by atoms with Crippen LogP contribution in [0.4, 0.5) is 29.2 Å². The first-order valence-electron chi connectivity index (χ1n) is 12.2. The molecule has 5 rings (SSSR count). The van der Waals surface area contributed by atoms with Crippen LogP contribution in [0.1, 0.15) is 29.5 Å².